The maximum atomic E-state index is 13.8. The quantitative estimate of drug-likeness (QED) is 0.883. The molecule has 1 aliphatic rings. The molecule has 1 unspecified atom stereocenters. The van der Waals surface area contributed by atoms with E-state index in [1.54, 1.807) is 13.0 Å². The summed E-state index contributed by atoms with van der Waals surface area (Å²) in [4.78, 5) is 4.38. The smallest absolute Gasteiger partial charge is 0.151 e. The summed E-state index contributed by atoms with van der Waals surface area (Å²) in [7, 11) is 0. The summed E-state index contributed by atoms with van der Waals surface area (Å²) in [6.45, 7) is 1.84. The van der Waals surface area contributed by atoms with Crippen LogP contribution in [0.1, 0.15) is 31.6 Å². The maximum Gasteiger partial charge on any atom is 0.151 e. The van der Waals surface area contributed by atoms with Gasteiger partial charge in [-0.1, -0.05) is 6.07 Å². The molecule has 1 heterocycles. The van der Waals surface area contributed by atoms with Gasteiger partial charge in [0, 0.05) is 19.0 Å². The van der Waals surface area contributed by atoms with Gasteiger partial charge in [0.25, 0.3) is 0 Å². The Morgan fingerprint density at radius 3 is 2.89 bits per heavy atom. The second-order valence-electron chi connectivity index (χ2n) is 5.61. The summed E-state index contributed by atoms with van der Waals surface area (Å²) < 4.78 is 15.9. The molecule has 1 aromatic carbocycles. The van der Waals surface area contributed by atoms with Crippen molar-refractivity contribution in [3.8, 4) is 0 Å². The normalized spacial score (nSPS) is 18.7. The van der Waals surface area contributed by atoms with Gasteiger partial charge >= 0.3 is 0 Å². The van der Waals surface area contributed by atoms with Crippen molar-refractivity contribution >= 4 is 11.0 Å². The summed E-state index contributed by atoms with van der Waals surface area (Å²) in [6, 6.07) is 5.38. The van der Waals surface area contributed by atoms with Gasteiger partial charge in [-0.2, -0.15) is 0 Å². The molecule has 4 nitrogen and oxygen atoms in total. The molecule has 1 aliphatic carbocycles. The fourth-order valence-electron chi connectivity index (χ4n) is 2.41. The largest absolute Gasteiger partial charge is 0.388 e. The van der Waals surface area contributed by atoms with Crippen LogP contribution in [0.3, 0.4) is 0 Å². The monoisotopic (exact) mass is 263 g/mol. The van der Waals surface area contributed by atoms with Crippen LogP contribution in [0.15, 0.2) is 18.2 Å². The molecular formula is C14H18FN3O. The number of para-hydroxylation sites is 1. The van der Waals surface area contributed by atoms with Gasteiger partial charge in [-0.15, -0.1) is 0 Å². The molecule has 1 atom stereocenters. The Kier molecular flexibility index (Phi) is 2.83. The third-order valence-corrected chi connectivity index (χ3v) is 3.63. The predicted molar refractivity (Wildman–Crippen MR) is 71.3 cm³/mol. The highest BCUT2D eigenvalue weighted by molar-refractivity contribution is 5.77. The summed E-state index contributed by atoms with van der Waals surface area (Å²) >= 11 is 0. The van der Waals surface area contributed by atoms with Crippen molar-refractivity contribution < 1.29 is 9.50 Å². The van der Waals surface area contributed by atoms with Crippen LogP contribution in [0.25, 0.3) is 11.0 Å². The summed E-state index contributed by atoms with van der Waals surface area (Å²) in [5.41, 5.74) is 5.75. The second kappa shape index (κ2) is 4.28. The number of halogens is 1. The fourth-order valence-corrected chi connectivity index (χ4v) is 2.41. The Balaban J connectivity index is 2.13. The standard InChI is InChI=1S/C14H18FN3O/c1-14(19,8-16)7-12-17-13-10(15)3-2-4-11(13)18(12)9-5-6-9/h2-4,9,19H,5-8,16H2,1H3. The number of nitrogens with zero attached hydrogens (tertiary/aromatic N) is 2. The molecule has 0 amide bonds. The molecule has 3 N–H and O–H groups in total. The lowest BCUT2D eigenvalue weighted by Crippen LogP contribution is -2.37. The highest BCUT2D eigenvalue weighted by Crippen LogP contribution is 2.39. The van der Waals surface area contributed by atoms with E-state index in [9.17, 15) is 9.50 Å². The Morgan fingerprint density at radius 2 is 2.26 bits per heavy atom. The number of imidazole rings is 1. The lowest BCUT2D eigenvalue weighted by atomic mass is 10.0. The SMILES string of the molecule is CC(O)(CN)Cc1nc2c(F)cccc2n1C1CC1. The van der Waals surface area contributed by atoms with Gasteiger partial charge < -0.3 is 15.4 Å². The number of rotatable bonds is 4. The van der Waals surface area contributed by atoms with Crippen molar-refractivity contribution in [3.05, 3.63) is 29.8 Å². The average Bonchev–Trinajstić information content (AvgIpc) is 3.12. The highest BCUT2D eigenvalue weighted by Gasteiger charge is 2.31. The summed E-state index contributed by atoms with van der Waals surface area (Å²) in [5, 5.41) is 10.1. The Morgan fingerprint density at radius 1 is 1.53 bits per heavy atom. The van der Waals surface area contributed by atoms with Gasteiger partial charge in [0.05, 0.1) is 11.1 Å². The molecule has 102 valence electrons. The lowest BCUT2D eigenvalue weighted by Gasteiger charge is -2.21. The number of nitrogens with two attached hydrogens (primary N) is 1. The number of fused-ring (bicyclic) bond motifs is 1. The topological polar surface area (TPSA) is 64.1 Å². The minimum Gasteiger partial charge on any atom is -0.388 e. The average molecular weight is 263 g/mol. The van der Waals surface area contributed by atoms with Crippen molar-refractivity contribution in [1.82, 2.24) is 9.55 Å². The van der Waals surface area contributed by atoms with Crippen LogP contribution in [0, 0.1) is 5.82 Å². The van der Waals surface area contributed by atoms with E-state index >= 15 is 0 Å². The van der Waals surface area contributed by atoms with Gasteiger partial charge in [0.1, 0.15) is 11.3 Å². The molecule has 0 radical (unpaired) electrons. The number of hydrogen-bond acceptors (Lipinski definition) is 3. The number of hydrogen-bond donors (Lipinski definition) is 2. The molecule has 0 spiro atoms. The van der Waals surface area contributed by atoms with Crippen LogP contribution in [-0.2, 0) is 6.42 Å². The minimum atomic E-state index is -1.01. The van der Waals surface area contributed by atoms with E-state index in [4.69, 9.17) is 5.73 Å². The van der Waals surface area contributed by atoms with E-state index < -0.39 is 5.60 Å². The van der Waals surface area contributed by atoms with Gasteiger partial charge in [0.2, 0.25) is 0 Å². The van der Waals surface area contributed by atoms with E-state index in [2.05, 4.69) is 9.55 Å². The fraction of sp³-hybridized carbons (Fsp3) is 0.500. The molecule has 0 saturated heterocycles. The van der Waals surface area contributed by atoms with E-state index in [1.807, 2.05) is 6.07 Å². The molecule has 5 heteroatoms. The van der Waals surface area contributed by atoms with Crippen molar-refractivity contribution in [3.63, 3.8) is 0 Å². The van der Waals surface area contributed by atoms with Crippen LogP contribution in [0.5, 0.6) is 0 Å². The number of benzene rings is 1. The van der Waals surface area contributed by atoms with E-state index in [1.165, 1.54) is 6.07 Å². The number of aliphatic hydroxyl groups is 1. The maximum absolute atomic E-state index is 13.8. The molecule has 2 aromatic rings. The number of aromatic nitrogens is 2. The first kappa shape index (κ1) is 12.6. The Hall–Kier alpha value is -1.46. The molecule has 0 aliphatic heterocycles. The zero-order valence-corrected chi connectivity index (χ0v) is 10.9. The Labute approximate surface area is 111 Å². The van der Waals surface area contributed by atoms with Gasteiger partial charge in [-0.3, -0.25) is 0 Å². The summed E-state index contributed by atoms with van der Waals surface area (Å²) in [6.07, 6.45) is 2.51. The first-order valence-electron chi connectivity index (χ1n) is 6.59. The molecule has 0 bridgehead atoms. The predicted octanol–water partition coefficient (Wildman–Crippen LogP) is 1.76. The van der Waals surface area contributed by atoms with Crippen LogP contribution < -0.4 is 5.73 Å². The van der Waals surface area contributed by atoms with Gasteiger partial charge in [0.15, 0.2) is 5.82 Å². The van der Waals surface area contributed by atoms with Crippen LogP contribution in [0.2, 0.25) is 0 Å². The third-order valence-electron chi connectivity index (χ3n) is 3.63. The first-order valence-corrected chi connectivity index (χ1v) is 6.59. The first-order chi connectivity index (χ1) is 9.02. The van der Waals surface area contributed by atoms with Gasteiger partial charge in [-0.25, -0.2) is 9.37 Å². The van der Waals surface area contributed by atoms with Crippen molar-refractivity contribution in [1.29, 1.82) is 0 Å². The summed E-state index contributed by atoms with van der Waals surface area (Å²) in [5.74, 6) is 0.406. The van der Waals surface area contributed by atoms with E-state index in [-0.39, 0.29) is 12.4 Å². The van der Waals surface area contributed by atoms with Crippen molar-refractivity contribution in [2.24, 2.45) is 5.73 Å². The zero-order chi connectivity index (χ0) is 13.6. The van der Waals surface area contributed by atoms with Crippen molar-refractivity contribution in [2.75, 3.05) is 6.54 Å². The lowest BCUT2D eigenvalue weighted by molar-refractivity contribution is 0.0667. The molecule has 3 rings (SSSR count). The van der Waals surface area contributed by atoms with Crippen LogP contribution >= 0.6 is 0 Å². The van der Waals surface area contributed by atoms with Crippen LogP contribution in [-0.4, -0.2) is 26.8 Å². The van der Waals surface area contributed by atoms with E-state index in [0.29, 0.717) is 18.0 Å². The second-order valence-corrected chi connectivity index (χ2v) is 5.61. The van der Waals surface area contributed by atoms with Crippen molar-refractivity contribution in [2.45, 2.75) is 37.8 Å². The molecule has 19 heavy (non-hydrogen) atoms. The highest BCUT2D eigenvalue weighted by atomic mass is 19.1. The Bertz CT molecular complexity index is 616. The van der Waals surface area contributed by atoms with E-state index in [0.717, 1.165) is 24.2 Å². The zero-order valence-electron chi connectivity index (χ0n) is 10.9. The molecular weight excluding hydrogens is 245 g/mol. The molecule has 1 saturated carbocycles. The van der Waals surface area contributed by atoms with Crippen LogP contribution in [0.4, 0.5) is 4.39 Å². The van der Waals surface area contributed by atoms with Gasteiger partial charge in [-0.05, 0) is 31.9 Å². The minimum absolute atomic E-state index is 0.156. The third kappa shape index (κ3) is 2.24. The molecule has 1 fully saturated rings. The molecule has 1 aromatic heterocycles.